The lowest BCUT2D eigenvalue weighted by molar-refractivity contribution is 0.475. The second-order valence-corrected chi connectivity index (χ2v) is 5.17. The number of aromatic hydroxyl groups is 1. The van der Waals surface area contributed by atoms with E-state index in [2.05, 4.69) is 22.0 Å². The molecule has 0 amide bonds. The monoisotopic (exact) mass is 305 g/mol. The summed E-state index contributed by atoms with van der Waals surface area (Å²) >= 11 is 3.56. The first-order chi connectivity index (χ1) is 8.70. The van der Waals surface area contributed by atoms with Crippen LogP contribution >= 0.6 is 15.9 Å². The van der Waals surface area contributed by atoms with Gasteiger partial charge in [-0.25, -0.2) is 0 Å². The van der Waals surface area contributed by atoms with Gasteiger partial charge in [-0.15, -0.1) is 0 Å². The van der Waals surface area contributed by atoms with Crippen molar-refractivity contribution in [2.24, 2.45) is 5.73 Å². The minimum absolute atomic E-state index is 0.268. The fraction of sp³-hybridized carbons (Fsp3) is 0.200. The fourth-order valence-electron chi connectivity index (χ4n) is 2.01. The standard InChI is InChI=1S/C15H16BrNO/c16-15-4-2-1-3-12(15)9-13(10-17)11-5-7-14(18)8-6-11/h1-8,13,18H,9-10,17H2. The zero-order valence-electron chi connectivity index (χ0n) is 10.0. The van der Waals surface area contributed by atoms with Gasteiger partial charge >= 0.3 is 0 Å². The molecule has 94 valence electrons. The van der Waals surface area contributed by atoms with Crippen molar-refractivity contribution < 1.29 is 5.11 Å². The number of phenolic OH excluding ortho intramolecular Hbond substituents is 1. The molecule has 0 saturated carbocycles. The minimum Gasteiger partial charge on any atom is -0.508 e. The molecule has 1 atom stereocenters. The molecule has 0 aliphatic heterocycles. The lowest BCUT2D eigenvalue weighted by Gasteiger charge is -2.16. The van der Waals surface area contributed by atoms with Gasteiger partial charge in [0.15, 0.2) is 0 Å². The Morgan fingerprint density at radius 2 is 1.72 bits per heavy atom. The number of phenols is 1. The third-order valence-corrected chi connectivity index (χ3v) is 3.85. The summed E-state index contributed by atoms with van der Waals surface area (Å²) in [5.41, 5.74) is 8.27. The van der Waals surface area contributed by atoms with E-state index in [4.69, 9.17) is 5.73 Å². The summed E-state index contributed by atoms with van der Waals surface area (Å²) < 4.78 is 1.11. The third kappa shape index (κ3) is 3.12. The first-order valence-electron chi connectivity index (χ1n) is 5.93. The molecule has 2 rings (SSSR count). The van der Waals surface area contributed by atoms with Gasteiger partial charge in [-0.05, 0) is 42.3 Å². The number of hydrogen-bond acceptors (Lipinski definition) is 2. The molecule has 3 N–H and O–H groups in total. The first-order valence-corrected chi connectivity index (χ1v) is 6.72. The lowest BCUT2D eigenvalue weighted by atomic mass is 9.92. The number of nitrogens with two attached hydrogens (primary N) is 1. The van der Waals surface area contributed by atoms with Crippen LogP contribution in [0.25, 0.3) is 0 Å². The summed E-state index contributed by atoms with van der Waals surface area (Å²) in [5.74, 6) is 0.555. The molecule has 2 aromatic carbocycles. The van der Waals surface area contributed by atoms with Crippen LogP contribution in [-0.4, -0.2) is 11.7 Å². The maximum Gasteiger partial charge on any atom is 0.115 e. The van der Waals surface area contributed by atoms with Crippen molar-refractivity contribution >= 4 is 15.9 Å². The molecule has 2 aromatic rings. The Morgan fingerprint density at radius 1 is 1.06 bits per heavy atom. The number of hydrogen-bond donors (Lipinski definition) is 2. The molecule has 0 radical (unpaired) electrons. The maximum absolute atomic E-state index is 9.31. The van der Waals surface area contributed by atoms with Crippen LogP contribution in [0.1, 0.15) is 17.0 Å². The molecule has 2 nitrogen and oxygen atoms in total. The smallest absolute Gasteiger partial charge is 0.115 e. The predicted octanol–water partition coefficient (Wildman–Crippen LogP) is 3.44. The van der Waals surface area contributed by atoms with E-state index in [1.54, 1.807) is 12.1 Å². The molecule has 3 heteroatoms. The topological polar surface area (TPSA) is 46.2 Å². The zero-order valence-corrected chi connectivity index (χ0v) is 11.6. The predicted molar refractivity (Wildman–Crippen MR) is 77.7 cm³/mol. The summed E-state index contributed by atoms with van der Waals surface area (Å²) in [6, 6.07) is 15.5. The average Bonchev–Trinajstić information content (AvgIpc) is 2.39. The normalized spacial score (nSPS) is 12.3. The Morgan fingerprint density at radius 3 is 2.33 bits per heavy atom. The second-order valence-electron chi connectivity index (χ2n) is 4.32. The van der Waals surface area contributed by atoms with Crippen LogP contribution in [0.4, 0.5) is 0 Å². The van der Waals surface area contributed by atoms with Crippen molar-refractivity contribution in [1.82, 2.24) is 0 Å². The van der Waals surface area contributed by atoms with Crippen molar-refractivity contribution in [3.05, 3.63) is 64.1 Å². The Kier molecular flexibility index (Phi) is 4.39. The highest BCUT2D eigenvalue weighted by Gasteiger charge is 2.12. The van der Waals surface area contributed by atoms with Gasteiger partial charge in [0.25, 0.3) is 0 Å². The van der Waals surface area contributed by atoms with Crippen LogP contribution < -0.4 is 5.73 Å². The Bertz CT molecular complexity index is 510. The summed E-state index contributed by atoms with van der Waals surface area (Å²) in [5, 5.41) is 9.31. The van der Waals surface area contributed by atoms with E-state index in [0.29, 0.717) is 6.54 Å². The molecule has 0 spiro atoms. The Labute approximate surface area is 116 Å². The molecule has 0 heterocycles. The molecule has 0 aromatic heterocycles. The van der Waals surface area contributed by atoms with Crippen LogP contribution in [0, 0.1) is 0 Å². The first kappa shape index (κ1) is 13.1. The van der Waals surface area contributed by atoms with Crippen molar-refractivity contribution in [3.8, 4) is 5.75 Å². The van der Waals surface area contributed by atoms with Gasteiger partial charge in [-0.2, -0.15) is 0 Å². The SMILES string of the molecule is NCC(Cc1ccccc1Br)c1ccc(O)cc1. The lowest BCUT2D eigenvalue weighted by Crippen LogP contribution is -2.15. The van der Waals surface area contributed by atoms with Crippen LogP contribution in [0.3, 0.4) is 0 Å². The number of rotatable bonds is 4. The zero-order chi connectivity index (χ0) is 13.0. The van der Waals surface area contributed by atoms with Gasteiger partial charge in [0, 0.05) is 10.4 Å². The molecule has 0 bridgehead atoms. The van der Waals surface area contributed by atoms with Crippen LogP contribution in [-0.2, 0) is 6.42 Å². The van der Waals surface area contributed by atoms with Gasteiger partial charge < -0.3 is 10.8 Å². The van der Waals surface area contributed by atoms with Crippen LogP contribution in [0.15, 0.2) is 53.0 Å². The van der Waals surface area contributed by atoms with E-state index in [-0.39, 0.29) is 11.7 Å². The molecular weight excluding hydrogens is 290 g/mol. The molecule has 0 fully saturated rings. The quantitative estimate of drug-likeness (QED) is 0.909. The minimum atomic E-state index is 0.268. The van der Waals surface area contributed by atoms with E-state index >= 15 is 0 Å². The molecular formula is C15H16BrNO. The third-order valence-electron chi connectivity index (χ3n) is 3.07. The van der Waals surface area contributed by atoms with Crippen molar-refractivity contribution in [2.45, 2.75) is 12.3 Å². The Balaban J connectivity index is 2.20. The van der Waals surface area contributed by atoms with Crippen molar-refractivity contribution in [1.29, 1.82) is 0 Å². The van der Waals surface area contributed by atoms with Gasteiger partial charge in [0.2, 0.25) is 0 Å². The molecule has 18 heavy (non-hydrogen) atoms. The van der Waals surface area contributed by atoms with E-state index in [1.165, 1.54) is 5.56 Å². The second kappa shape index (κ2) is 6.03. The molecule has 0 aliphatic carbocycles. The highest BCUT2D eigenvalue weighted by atomic mass is 79.9. The number of benzene rings is 2. The van der Waals surface area contributed by atoms with Gasteiger partial charge in [0.1, 0.15) is 5.75 Å². The maximum atomic E-state index is 9.31. The van der Waals surface area contributed by atoms with E-state index in [0.717, 1.165) is 16.5 Å². The Hall–Kier alpha value is -1.32. The summed E-state index contributed by atoms with van der Waals surface area (Å²) in [7, 11) is 0. The highest BCUT2D eigenvalue weighted by Crippen LogP contribution is 2.25. The van der Waals surface area contributed by atoms with Gasteiger partial charge in [-0.3, -0.25) is 0 Å². The van der Waals surface area contributed by atoms with Crippen molar-refractivity contribution in [3.63, 3.8) is 0 Å². The highest BCUT2D eigenvalue weighted by molar-refractivity contribution is 9.10. The summed E-state index contributed by atoms with van der Waals surface area (Å²) in [6.07, 6.45) is 0.892. The van der Waals surface area contributed by atoms with Crippen molar-refractivity contribution in [2.75, 3.05) is 6.54 Å². The van der Waals surface area contributed by atoms with E-state index in [1.807, 2.05) is 30.3 Å². The van der Waals surface area contributed by atoms with E-state index < -0.39 is 0 Å². The fourth-order valence-corrected chi connectivity index (χ4v) is 2.46. The molecule has 0 saturated heterocycles. The van der Waals surface area contributed by atoms with Crippen LogP contribution in [0.5, 0.6) is 5.75 Å². The van der Waals surface area contributed by atoms with Gasteiger partial charge in [0.05, 0.1) is 0 Å². The number of halogens is 1. The summed E-state index contributed by atoms with van der Waals surface area (Å²) in [6.45, 7) is 0.589. The molecule has 1 unspecified atom stereocenters. The largest absolute Gasteiger partial charge is 0.508 e. The van der Waals surface area contributed by atoms with Gasteiger partial charge in [-0.1, -0.05) is 46.3 Å². The summed E-state index contributed by atoms with van der Waals surface area (Å²) in [4.78, 5) is 0. The molecule has 0 aliphatic rings. The average molecular weight is 306 g/mol. The van der Waals surface area contributed by atoms with E-state index in [9.17, 15) is 5.11 Å². The van der Waals surface area contributed by atoms with Crippen LogP contribution in [0.2, 0.25) is 0 Å².